The van der Waals surface area contributed by atoms with E-state index in [0.717, 1.165) is 26.9 Å². The molecule has 2 aromatic carbocycles. The first-order valence-corrected chi connectivity index (χ1v) is 8.37. The van der Waals surface area contributed by atoms with Crippen molar-refractivity contribution in [3.05, 3.63) is 69.7 Å². The minimum Gasteiger partial charge on any atom is -0.391 e. The predicted octanol–water partition coefficient (Wildman–Crippen LogP) is 5.93. The first kappa shape index (κ1) is 16.4. The maximum atomic E-state index is 6.05. The van der Waals surface area contributed by atoms with Crippen LogP contribution in [0.3, 0.4) is 0 Å². The van der Waals surface area contributed by atoms with Crippen molar-refractivity contribution in [3.8, 4) is 0 Å². The molecule has 0 fully saturated rings. The van der Waals surface area contributed by atoms with Crippen molar-refractivity contribution in [2.75, 3.05) is 0 Å². The van der Waals surface area contributed by atoms with Gasteiger partial charge in [-0.2, -0.15) is 0 Å². The van der Waals surface area contributed by atoms with Gasteiger partial charge in [0.2, 0.25) is 0 Å². The molecule has 0 saturated carbocycles. The Kier molecular flexibility index (Phi) is 4.39. The van der Waals surface area contributed by atoms with Crippen molar-refractivity contribution in [1.82, 2.24) is 0 Å². The molecule has 1 atom stereocenters. The number of benzene rings is 2. The average molecular weight is 348 g/mol. The van der Waals surface area contributed by atoms with E-state index >= 15 is 0 Å². The first-order valence-electron chi connectivity index (χ1n) is 7.61. The van der Waals surface area contributed by atoms with Crippen LogP contribution < -0.4 is 0 Å². The van der Waals surface area contributed by atoms with Gasteiger partial charge in [-0.1, -0.05) is 66.5 Å². The molecular weight excluding hydrogens is 329 g/mol. The van der Waals surface area contributed by atoms with Crippen LogP contribution in [0.1, 0.15) is 37.8 Å². The molecule has 1 aliphatic rings. The SMILES string of the molecule is CC1=NOC(C(c2ccc(Cl)cc2)c2ccc(Cl)cc2)C1(C)C. The molecule has 0 spiro atoms. The Hall–Kier alpha value is -1.51. The van der Waals surface area contributed by atoms with Crippen LogP contribution in [0.25, 0.3) is 0 Å². The third kappa shape index (κ3) is 3.11. The average Bonchev–Trinajstić information content (AvgIpc) is 2.78. The molecule has 4 heteroatoms. The highest BCUT2D eigenvalue weighted by Crippen LogP contribution is 2.43. The van der Waals surface area contributed by atoms with Crippen LogP contribution in [0.5, 0.6) is 0 Å². The van der Waals surface area contributed by atoms with Crippen molar-refractivity contribution < 1.29 is 4.84 Å². The lowest BCUT2D eigenvalue weighted by Crippen LogP contribution is -2.36. The summed E-state index contributed by atoms with van der Waals surface area (Å²) in [6, 6.07) is 15.8. The third-order valence-electron chi connectivity index (χ3n) is 4.71. The highest BCUT2D eigenvalue weighted by Gasteiger charge is 2.45. The number of hydrogen-bond acceptors (Lipinski definition) is 2. The molecule has 0 aliphatic carbocycles. The molecular formula is C19H19Cl2NO. The van der Waals surface area contributed by atoms with Gasteiger partial charge in [0.15, 0.2) is 0 Å². The van der Waals surface area contributed by atoms with Gasteiger partial charge in [-0.05, 0) is 42.3 Å². The van der Waals surface area contributed by atoms with Crippen LogP contribution in [0.4, 0.5) is 0 Å². The molecule has 0 N–H and O–H groups in total. The largest absolute Gasteiger partial charge is 0.391 e. The Bertz CT molecular complexity index is 675. The van der Waals surface area contributed by atoms with Gasteiger partial charge in [0.25, 0.3) is 0 Å². The van der Waals surface area contributed by atoms with Crippen molar-refractivity contribution in [3.63, 3.8) is 0 Å². The van der Waals surface area contributed by atoms with Gasteiger partial charge in [0.05, 0.1) is 5.71 Å². The summed E-state index contributed by atoms with van der Waals surface area (Å²) < 4.78 is 0. The number of hydrogen-bond donors (Lipinski definition) is 0. The maximum absolute atomic E-state index is 6.05. The molecule has 3 rings (SSSR count). The topological polar surface area (TPSA) is 21.6 Å². The summed E-state index contributed by atoms with van der Waals surface area (Å²) in [6.45, 7) is 6.35. The van der Waals surface area contributed by atoms with Gasteiger partial charge in [-0.3, -0.25) is 0 Å². The Morgan fingerprint density at radius 1 is 0.913 bits per heavy atom. The van der Waals surface area contributed by atoms with Gasteiger partial charge < -0.3 is 4.84 Å². The zero-order valence-corrected chi connectivity index (χ0v) is 14.9. The summed E-state index contributed by atoms with van der Waals surface area (Å²) >= 11 is 12.1. The lowest BCUT2D eigenvalue weighted by atomic mass is 9.72. The number of rotatable bonds is 3. The Balaban J connectivity index is 2.07. The van der Waals surface area contributed by atoms with Gasteiger partial charge in [0.1, 0.15) is 6.10 Å². The molecule has 0 amide bonds. The lowest BCUT2D eigenvalue weighted by Gasteiger charge is -2.32. The molecule has 23 heavy (non-hydrogen) atoms. The zero-order chi connectivity index (χ0) is 16.6. The molecule has 0 bridgehead atoms. The fraction of sp³-hybridized carbons (Fsp3) is 0.316. The second kappa shape index (κ2) is 6.18. The molecule has 2 aromatic rings. The molecule has 0 saturated heterocycles. The van der Waals surface area contributed by atoms with E-state index in [1.54, 1.807) is 0 Å². The van der Waals surface area contributed by atoms with Crippen molar-refractivity contribution >= 4 is 28.9 Å². The number of halogens is 2. The van der Waals surface area contributed by atoms with Crippen LogP contribution in [0.2, 0.25) is 10.0 Å². The van der Waals surface area contributed by atoms with Crippen LogP contribution in [0.15, 0.2) is 53.7 Å². The monoisotopic (exact) mass is 347 g/mol. The second-order valence-electron chi connectivity index (χ2n) is 6.51. The van der Waals surface area contributed by atoms with Crippen molar-refractivity contribution in [2.24, 2.45) is 10.6 Å². The maximum Gasteiger partial charge on any atom is 0.148 e. The first-order chi connectivity index (χ1) is 10.9. The van der Waals surface area contributed by atoms with Crippen LogP contribution in [-0.4, -0.2) is 11.8 Å². The van der Waals surface area contributed by atoms with Crippen LogP contribution in [-0.2, 0) is 4.84 Å². The normalized spacial score (nSPS) is 19.6. The van der Waals surface area contributed by atoms with E-state index in [4.69, 9.17) is 28.0 Å². The molecule has 0 aromatic heterocycles. The summed E-state index contributed by atoms with van der Waals surface area (Å²) in [5.41, 5.74) is 3.17. The standard InChI is InChI=1S/C19H19Cl2NO/c1-12-19(2,3)18(23-22-12)17(13-4-8-15(20)9-5-13)14-6-10-16(21)11-7-14/h4-11,17-18H,1-3H3. The number of nitrogens with zero attached hydrogens (tertiary/aromatic N) is 1. The Morgan fingerprint density at radius 3 is 1.70 bits per heavy atom. The third-order valence-corrected chi connectivity index (χ3v) is 5.21. The molecule has 0 radical (unpaired) electrons. The van der Waals surface area contributed by atoms with Gasteiger partial charge >= 0.3 is 0 Å². The van der Waals surface area contributed by atoms with E-state index in [2.05, 4.69) is 43.3 Å². The van der Waals surface area contributed by atoms with E-state index in [1.807, 2.05) is 31.2 Å². The molecule has 1 aliphatic heterocycles. The quantitative estimate of drug-likeness (QED) is 0.674. The minimum absolute atomic E-state index is 0.0562. The van der Waals surface area contributed by atoms with E-state index in [-0.39, 0.29) is 17.4 Å². The summed E-state index contributed by atoms with van der Waals surface area (Å²) in [5.74, 6) is 0.0562. The summed E-state index contributed by atoms with van der Waals surface area (Å²) in [5, 5.41) is 5.69. The highest BCUT2D eigenvalue weighted by atomic mass is 35.5. The van der Waals surface area contributed by atoms with Gasteiger partial charge in [-0.15, -0.1) is 0 Å². The lowest BCUT2D eigenvalue weighted by molar-refractivity contribution is 0.0247. The second-order valence-corrected chi connectivity index (χ2v) is 7.38. The van der Waals surface area contributed by atoms with E-state index in [1.165, 1.54) is 0 Å². The van der Waals surface area contributed by atoms with Crippen molar-refractivity contribution in [1.29, 1.82) is 0 Å². The highest BCUT2D eigenvalue weighted by molar-refractivity contribution is 6.30. The predicted molar refractivity (Wildman–Crippen MR) is 96.5 cm³/mol. The molecule has 120 valence electrons. The summed E-state index contributed by atoms with van der Waals surface area (Å²) in [4.78, 5) is 5.83. The minimum atomic E-state index is -0.149. The van der Waals surface area contributed by atoms with Gasteiger partial charge in [0, 0.05) is 21.4 Å². The smallest absolute Gasteiger partial charge is 0.148 e. The van der Waals surface area contributed by atoms with Gasteiger partial charge in [-0.25, -0.2) is 0 Å². The fourth-order valence-corrected chi connectivity index (χ4v) is 3.20. The molecule has 2 nitrogen and oxygen atoms in total. The number of oxime groups is 1. The zero-order valence-electron chi connectivity index (χ0n) is 13.4. The van der Waals surface area contributed by atoms with Crippen LogP contribution >= 0.6 is 23.2 Å². The molecule has 1 heterocycles. The summed E-state index contributed by atoms with van der Waals surface area (Å²) in [7, 11) is 0. The molecule has 1 unspecified atom stereocenters. The fourth-order valence-electron chi connectivity index (χ4n) is 2.95. The Morgan fingerprint density at radius 2 is 1.35 bits per heavy atom. The summed E-state index contributed by atoms with van der Waals surface area (Å²) in [6.07, 6.45) is -0.0788. The van der Waals surface area contributed by atoms with E-state index < -0.39 is 0 Å². The van der Waals surface area contributed by atoms with Crippen LogP contribution in [0, 0.1) is 5.41 Å². The Labute approximate surface area is 147 Å². The van der Waals surface area contributed by atoms with Crippen molar-refractivity contribution in [2.45, 2.75) is 32.8 Å². The van der Waals surface area contributed by atoms with E-state index in [0.29, 0.717) is 0 Å². The van der Waals surface area contributed by atoms with E-state index in [9.17, 15) is 0 Å².